The Hall–Kier alpha value is 0.140. The van der Waals surface area contributed by atoms with Gasteiger partial charge in [-0.1, -0.05) is 28.1 Å². The van der Waals surface area contributed by atoms with Crippen molar-refractivity contribution in [3.8, 4) is 0 Å². The minimum absolute atomic E-state index is 0.938. The lowest BCUT2D eigenvalue weighted by molar-refractivity contribution is -1.05. The lowest BCUT2D eigenvalue weighted by Gasteiger charge is -2.52. The number of hydrogen-bond donors (Lipinski definition) is 0. The Balaban J connectivity index is 0.000000581. The third-order valence-electron chi connectivity index (χ3n) is 6.07. The number of fused-ring (bicyclic) bond motifs is 3. The Morgan fingerprint density at radius 2 is 1.70 bits per heavy atom. The number of halogens is 1. The molecule has 3 fully saturated rings. The van der Waals surface area contributed by atoms with Crippen LogP contribution in [0.1, 0.15) is 38.5 Å². The number of allylic oxidation sites excluding steroid dienone is 2. The molecule has 2 aliphatic carbocycles. The maximum absolute atomic E-state index is 2.94. The molecule has 0 amide bonds. The SMILES string of the molecule is C1=CC2CC1C[C@H]2C[N+]12CCCCN1CCCC2.CBr. The highest BCUT2D eigenvalue weighted by atomic mass is 79.9. The second-order valence-electron chi connectivity index (χ2n) is 7.13. The molecule has 3 atom stereocenters. The molecule has 0 aromatic carbocycles. The summed E-state index contributed by atoms with van der Waals surface area (Å²) in [5.74, 6) is 4.70. The zero-order valence-corrected chi connectivity index (χ0v) is 14.5. The molecule has 2 unspecified atom stereocenters. The van der Waals surface area contributed by atoms with Gasteiger partial charge in [0, 0.05) is 19.0 Å². The molecule has 0 aromatic heterocycles. The molecule has 20 heavy (non-hydrogen) atoms. The fourth-order valence-electron chi connectivity index (χ4n) is 5.17. The van der Waals surface area contributed by atoms with Gasteiger partial charge < -0.3 is 0 Å². The molecule has 0 radical (unpaired) electrons. The maximum Gasteiger partial charge on any atom is 0.0998 e. The van der Waals surface area contributed by atoms with Crippen molar-refractivity contribution in [3.05, 3.63) is 12.2 Å². The molecular formula is C17H30BrN2+. The van der Waals surface area contributed by atoms with Gasteiger partial charge in [-0.2, -0.15) is 5.01 Å². The predicted octanol–water partition coefficient (Wildman–Crippen LogP) is 3.83. The van der Waals surface area contributed by atoms with Gasteiger partial charge in [0.1, 0.15) is 0 Å². The van der Waals surface area contributed by atoms with Crippen LogP contribution in [0.15, 0.2) is 12.2 Å². The van der Waals surface area contributed by atoms with Gasteiger partial charge in [0.25, 0.3) is 0 Å². The summed E-state index contributed by atoms with van der Waals surface area (Å²) in [7, 11) is 0. The first-order valence-electron chi connectivity index (χ1n) is 8.53. The summed E-state index contributed by atoms with van der Waals surface area (Å²) < 4.78 is 1.38. The minimum Gasteiger partial charge on any atom is -0.243 e. The van der Waals surface area contributed by atoms with Gasteiger partial charge in [0.05, 0.1) is 19.6 Å². The molecule has 0 spiro atoms. The van der Waals surface area contributed by atoms with Crippen molar-refractivity contribution >= 4 is 15.9 Å². The Labute approximate surface area is 132 Å². The van der Waals surface area contributed by atoms with E-state index < -0.39 is 0 Å². The highest BCUT2D eigenvalue weighted by Gasteiger charge is 2.46. The highest BCUT2D eigenvalue weighted by molar-refractivity contribution is 9.08. The molecule has 0 aromatic rings. The maximum atomic E-state index is 2.94. The van der Waals surface area contributed by atoms with Crippen LogP contribution >= 0.6 is 15.9 Å². The van der Waals surface area contributed by atoms with E-state index in [0.29, 0.717) is 0 Å². The van der Waals surface area contributed by atoms with Crippen LogP contribution in [0.4, 0.5) is 0 Å². The number of rotatable bonds is 2. The van der Waals surface area contributed by atoms with Gasteiger partial charge in [0.2, 0.25) is 0 Å². The fourth-order valence-corrected chi connectivity index (χ4v) is 5.17. The average Bonchev–Trinajstić information content (AvgIpc) is 3.11. The van der Waals surface area contributed by atoms with Crippen molar-refractivity contribution in [1.29, 1.82) is 0 Å². The summed E-state index contributed by atoms with van der Waals surface area (Å²) in [5.41, 5.74) is 0. The predicted molar refractivity (Wildman–Crippen MR) is 88.6 cm³/mol. The van der Waals surface area contributed by atoms with Crippen molar-refractivity contribution in [1.82, 2.24) is 5.01 Å². The van der Waals surface area contributed by atoms with E-state index >= 15 is 0 Å². The monoisotopic (exact) mass is 341 g/mol. The van der Waals surface area contributed by atoms with Crippen LogP contribution in [0.3, 0.4) is 0 Å². The summed E-state index contributed by atoms with van der Waals surface area (Å²) in [6.45, 7) is 7.09. The summed E-state index contributed by atoms with van der Waals surface area (Å²) in [6, 6.07) is 0. The lowest BCUT2D eigenvalue weighted by atomic mass is 9.91. The van der Waals surface area contributed by atoms with Crippen molar-refractivity contribution in [2.24, 2.45) is 17.8 Å². The first kappa shape index (κ1) is 15.1. The van der Waals surface area contributed by atoms with Crippen molar-refractivity contribution in [2.75, 3.05) is 38.6 Å². The molecule has 1 saturated carbocycles. The van der Waals surface area contributed by atoms with E-state index in [1.54, 1.807) is 0 Å². The third kappa shape index (κ3) is 2.74. The number of hydrogen-bond acceptors (Lipinski definition) is 1. The molecule has 2 saturated heterocycles. The Morgan fingerprint density at radius 3 is 2.25 bits per heavy atom. The van der Waals surface area contributed by atoms with Gasteiger partial charge in [-0.25, -0.2) is 4.59 Å². The third-order valence-corrected chi connectivity index (χ3v) is 6.07. The molecular weight excluding hydrogens is 312 g/mol. The zero-order chi connectivity index (χ0) is 14.0. The minimum atomic E-state index is 0.938. The van der Waals surface area contributed by atoms with Crippen molar-refractivity contribution in [3.63, 3.8) is 0 Å². The van der Waals surface area contributed by atoms with Gasteiger partial charge in [-0.15, -0.1) is 0 Å². The van der Waals surface area contributed by atoms with Gasteiger partial charge in [-0.05, 0) is 56.2 Å². The van der Waals surface area contributed by atoms with Crippen LogP contribution in [0.5, 0.6) is 0 Å². The number of quaternary nitrogens is 1. The largest absolute Gasteiger partial charge is 0.243 e. The normalized spacial score (nSPS) is 38.2. The van der Waals surface area contributed by atoms with E-state index in [4.69, 9.17) is 0 Å². The lowest BCUT2D eigenvalue weighted by Crippen LogP contribution is -2.67. The van der Waals surface area contributed by atoms with Crippen LogP contribution in [-0.4, -0.2) is 48.2 Å². The second kappa shape index (κ2) is 6.50. The summed E-state index contributed by atoms with van der Waals surface area (Å²) in [5, 5.41) is 2.84. The van der Waals surface area contributed by atoms with Crippen LogP contribution in [-0.2, 0) is 0 Å². The second-order valence-corrected chi connectivity index (χ2v) is 7.13. The van der Waals surface area contributed by atoms with E-state index in [9.17, 15) is 0 Å². The van der Waals surface area contributed by atoms with E-state index in [1.165, 1.54) is 75.8 Å². The molecule has 4 rings (SSSR count). The van der Waals surface area contributed by atoms with E-state index in [-0.39, 0.29) is 0 Å². The summed E-state index contributed by atoms with van der Waals surface area (Å²) in [6.07, 6.45) is 13.8. The molecule has 114 valence electrons. The molecule has 4 aliphatic rings. The van der Waals surface area contributed by atoms with Crippen LogP contribution in [0.2, 0.25) is 0 Å². The smallest absolute Gasteiger partial charge is 0.0998 e. The Kier molecular flexibility index (Phi) is 4.89. The summed E-state index contributed by atoms with van der Waals surface area (Å²) in [4.78, 5) is 0. The first-order chi connectivity index (χ1) is 9.86. The molecule has 0 N–H and O–H groups in total. The van der Waals surface area contributed by atoms with Crippen molar-refractivity contribution in [2.45, 2.75) is 38.5 Å². The molecule has 2 aliphatic heterocycles. The average molecular weight is 342 g/mol. The van der Waals surface area contributed by atoms with Gasteiger partial charge in [-0.3, -0.25) is 0 Å². The number of alkyl halides is 1. The van der Waals surface area contributed by atoms with E-state index in [2.05, 4.69) is 33.1 Å². The molecule has 3 heteroatoms. The fraction of sp³-hybridized carbons (Fsp3) is 0.882. The first-order valence-corrected chi connectivity index (χ1v) is 10.1. The zero-order valence-electron chi connectivity index (χ0n) is 12.9. The summed E-state index contributed by atoms with van der Waals surface area (Å²) >= 11 is 2.94. The van der Waals surface area contributed by atoms with Crippen LogP contribution < -0.4 is 0 Å². The van der Waals surface area contributed by atoms with E-state index in [0.717, 1.165) is 17.8 Å². The molecule has 2 nitrogen and oxygen atoms in total. The standard InChI is InChI=1S/C16H27N2.CH3Br/c1-3-9-18(10-4-2-8-17(18)7-1)13-16-12-14-5-6-15(16)11-14;1-2/h5-6,14-16H,1-4,7-13H2;1H3/q+1;/t14?,15?,16-;/m0./s1. The van der Waals surface area contributed by atoms with Crippen molar-refractivity contribution < 1.29 is 4.59 Å². The van der Waals surface area contributed by atoms with E-state index in [1.807, 2.05) is 5.83 Å². The van der Waals surface area contributed by atoms with Gasteiger partial charge in [0.15, 0.2) is 0 Å². The van der Waals surface area contributed by atoms with Gasteiger partial charge >= 0.3 is 0 Å². The van der Waals surface area contributed by atoms with Crippen LogP contribution in [0, 0.1) is 17.8 Å². The Morgan fingerprint density at radius 1 is 1.00 bits per heavy atom. The number of nitrogens with zero attached hydrogens (tertiary/aromatic N) is 2. The topological polar surface area (TPSA) is 3.24 Å². The quantitative estimate of drug-likeness (QED) is 0.419. The van der Waals surface area contributed by atoms with Crippen LogP contribution in [0.25, 0.3) is 0 Å². The highest BCUT2D eigenvalue weighted by Crippen LogP contribution is 2.45. The molecule has 2 heterocycles. The Bertz CT molecular complexity index is 343. The molecule has 2 bridgehead atoms.